The Morgan fingerprint density at radius 1 is 1.80 bits per heavy atom. The van der Waals surface area contributed by atoms with E-state index in [0.717, 1.165) is 11.5 Å². The van der Waals surface area contributed by atoms with Gasteiger partial charge >= 0.3 is 0 Å². The smallest absolute Gasteiger partial charge is 0.111 e. The molecule has 0 fully saturated rings. The van der Waals surface area contributed by atoms with Gasteiger partial charge in [-0.3, -0.25) is 0 Å². The highest BCUT2D eigenvalue weighted by atomic mass is 14.9. The predicted molar refractivity (Wildman–Crippen MR) is 40.4 cm³/mol. The lowest BCUT2D eigenvalue weighted by atomic mass is 10.3. The van der Waals surface area contributed by atoms with Crippen LogP contribution in [0.4, 0.5) is 0 Å². The maximum Gasteiger partial charge on any atom is 0.111 e. The first-order valence-electron chi connectivity index (χ1n) is 3.23. The van der Waals surface area contributed by atoms with Crippen molar-refractivity contribution in [3.8, 4) is 0 Å². The number of hydrogen-bond donors (Lipinski definition) is 2. The third-order valence-corrected chi connectivity index (χ3v) is 1.19. The minimum Gasteiger partial charge on any atom is -0.346 e. The molecule has 0 saturated carbocycles. The third kappa shape index (κ3) is 1.69. The van der Waals surface area contributed by atoms with E-state index in [1.54, 1.807) is 13.1 Å². The zero-order valence-electron chi connectivity index (χ0n) is 6.23. The van der Waals surface area contributed by atoms with Gasteiger partial charge in [-0.15, -0.1) is 0 Å². The zero-order chi connectivity index (χ0) is 7.56. The molecule has 3 nitrogen and oxygen atoms in total. The van der Waals surface area contributed by atoms with Crippen LogP contribution in [0.2, 0.25) is 0 Å². The van der Waals surface area contributed by atoms with E-state index >= 15 is 0 Å². The third-order valence-electron chi connectivity index (χ3n) is 1.19. The molecule has 3 heteroatoms. The first-order chi connectivity index (χ1) is 4.68. The van der Waals surface area contributed by atoms with Crippen LogP contribution in [0.1, 0.15) is 18.4 Å². The lowest BCUT2D eigenvalue weighted by Gasteiger charge is -1.90. The average molecular weight is 137 g/mol. The van der Waals surface area contributed by atoms with Gasteiger partial charge in [0.15, 0.2) is 0 Å². The molecule has 0 aliphatic rings. The number of nitrogens with one attached hydrogen (secondary N) is 2. The second kappa shape index (κ2) is 2.64. The van der Waals surface area contributed by atoms with Crippen LogP contribution in [-0.2, 0) is 6.42 Å². The minimum atomic E-state index is 0.633. The van der Waals surface area contributed by atoms with Crippen LogP contribution >= 0.6 is 0 Å². The van der Waals surface area contributed by atoms with Crippen molar-refractivity contribution < 1.29 is 0 Å². The van der Waals surface area contributed by atoms with E-state index in [9.17, 15) is 0 Å². The molecule has 54 valence electrons. The van der Waals surface area contributed by atoms with Crippen LogP contribution < -0.4 is 0 Å². The molecule has 0 aliphatic heterocycles. The van der Waals surface area contributed by atoms with Crippen molar-refractivity contribution in [2.45, 2.75) is 20.3 Å². The van der Waals surface area contributed by atoms with Gasteiger partial charge < -0.3 is 10.4 Å². The van der Waals surface area contributed by atoms with E-state index in [0.29, 0.717) is 12.1 Å². The molecule has 10 heavy (non-hydrogen) atoms. The first-order valence-corrected chi connectivity index (χ1v) is 3.23. The molecule has 0 radical (unpaired) electrons. The van der Waals surface area contributed by atoms with Crippen LogP contribution in [0.25, 0.3) is 0 Å². The predicted octanol–water partition coefficient (Wildman–Crippen LogP) is 1.30. The Bertz CT molecular complexity index is 237. The molecule has 0 spiro atoms. The lowest BCUT2D eigenvalue weighted by Crippen LogP contribution is -1.96. The quantitative estimate of drug-likeness (QED) is 0.593. The van der Waals surface area contributed by atoms with Gasteiger partial charge in [0.2, 0.25) is 0 Å². The summed E-state index contributed by atoms with van der Waals surface area (Å²) in [6.45, 7) is 3.73. The topological polar surface area (TPSA) is 52.5 Å². The number of aryl methyl sites for hydroxylation is 1. The number of imidazole rings is 1. The van der Waals surface area contributed by atoms with Crippen LogP contribution in [-0.4, -0.2) is 15.7 Å². The molecule has 0 unspecified atom stereocenters. The number of aromatic amines is 1. The van der Waals surface area contributed by atoms with Gasteiger partial charge in [0.1, 0.15) is 5.82 Å². The van der Waals surface area contributed by atoms with Gasteiger partial charge in [-0.05, 0) is 13.8 Å². The summed E-state index contributed by atoms with van der Waals surface area (Å²) in [5, 5.41) is 7.18. The average Bonchev–Trinajstić information content (AvgIpc) is 2.13. The highest BCUT2D eigenvalue weighted by Gasteiger charge is 1.96. The first kappa shape index (κ1) is 6.99. The highest BCUT2D eigenvalue weighted by molar-refractivity contribution is 5.80. The van der Waals surface area contributed by atoms with Crippen molar-refractivity contribution in [3.05, 3.63) is 17.7 Å². The Kier molecular flexibility index (Phi) is 1.85. The Labute approximate surface area is 60.0 Å². The maximum absolute atomic E-state index is 7.18. The number of aromatic nitrogens is 2. The van der Waals surface area contributed by atoms with E-state index in [1.807, 2.05) is 6.92 Å². The van der Waals surface area contributed by atoms with Crippen molar-refractivity contribution in [3.63, 3.8) is 0 Å². The van der Waals surface area contributed by atoms with E-state index in [1.165, 1.54) is 0 Å². The van der Waals surface area contributed by atoms with E-state index < -0.39 is 0 Å². The molecule has 0 amide bonds. The van der Waals surface area contributed by atoms with Gasteiger partial charge in [-0.1, -0.05) is 0 Å². The summed E-state index contributed by atoms with van der Waals surface area (Å²) >= 11 is 0. The summed E-state index contributed by atoms with van der Waals surface area (Å²) < 4.78 is 0. The van der Waals surface area contributed by atoms with Crippen molar-refractivity contribution in [1.29, 1.82) is 5.41 Å². The fourth-order valence-electron chi connectivity index (χ4n) is 0.808. The molecule has 2 N–H and O–H groups in total. The van der Waals surface area contributed by atoms with E-state index in [4.69, 9.17) is 5.41 Å². The number of hydrogen-bond acceptors (Lipinski definition) is 2. The number of nitrogens with zero attached hydrogens (tertiary/aromatic N) is 1. The lowest BCUT2D eigenvalue weighted by molar-refractivity contribution is 1.06. The fraction of sp³-hybridized carbons (Fsp3) is 0.429. The Morgan fingerprint density at radius 2 is 2.50 bits per heavy atom. The van der Waals surface area contributed by atoms with Crippen molar-refractivity contribution in [1.82, 2.24) is 9.97 Å². The summed E-state index contributed by atoms with van der Waals surface area (Å²) in [7, 11) is 0. The fourth-order valence-corrected chi connectivity index (χ4v) is 0.808. The summed E-state index contributed by atoms with van der Waals surface area (Å²) in [4.78, 5) is 7.11. The molecule has 0 aliphatic carbocycles. The van der Waals surface area contributed by atoms with Gasteiger partial charge in [0, 0.05) is 24.0 Å². The molecular formula is C7H11N3. The zero-order valence-corrected chi connectivity index (χ0v) is 6.23. The Hall–Kier alpha value is -1.12. The summed E-state index contributed by atoms with van der Waals surface area (Å²) in [5.41, 5.74) is 1.69. The Morgan fingerprint density at radius 3 is 2.90 bits per heavy atom. The molecular weight excluding hydrogens is 126 g/mol. The van der Waals surface area contributed by atoms with Crippen LogP contribution in [0, 0.1) is 12.3 Å². The molecule has 0 aromatic carbocycles. The SMILES string of the molecule is CC(=N)Cc1ncc(C)[nH]1. The van der Waals surface area contributed by atoms with Gasteiger partial charge in [-0.2, -0.15) is 0 Å². The van der Waals surface area contributed by atoms with Crippen molar-refractivity contribution in [2.75, 3.05) is 0 Å². The van der Waals surface area contributed by atoms with Crippen molar-refractivity contribution >= 4 is 5.71 Å². The van der Waals surface area contributed by atoms with Crippen LogP contribution in [0.15, 0.2) is 6.20 Å². The molecule has 0 atom stereocenters. The highest BCUT2D eigenvalue weighted by Crippen LogP contribution is 1.95. The van der Waals surface area contributed by atoms with Gasteiger partial charge in [0.05, 0.1) is 0 Å². The van der Waals surface area contributed by atoms with E-state index in [2.05, 4.69) is 9.97 Å². The van der Waals surface area contributed by atoms with Crippen LogP contribution in [0.5, 0.6) is 0 Å². The molecule has 1 rings (SSSR count). The number of rotatable bonds is 2. The summed E-state index contributed by atoms with van der Waals surface area (Å²) in [5.74, 6) is 0.880. The van der Waals surface area contributed by atoms with Crippen molar-refractivity contribution in [2.24, 2.45) is 0 Å². The largest absolute Gasteiger partial charge is 0.346 e. The summed E-state index contributed by atoms with van der Waals surface area (Å²) in [6, 6.07) is 0. The number of H-pyrrole nitrogens is 1. The standard InChI is InChI=1S/C7H11N3/c1-5(8)3-7-9-4-6(2)10-7/h4,8H,3H2,1-2H3,(H,9,10). The monoisotopic (exact) mass is 137 g/mol. The molecule has 1 heterocycles. The Balaban J connectivity index is 2.67. The molecule has 1 aromatic heterocycles. The van der Waals surface area contributed by atoms with Crippen LogP contribution in [0.3, 0.4) is 0 Å². The summed E-state index contributed by atoms with van der Waals surface area (Å²) in [6.07, 6.45) is 2.41. The molecule has 0 bridgehead atoms. The second-order valence-corrected chi connectivity index (χ2v) is 2.47. The van der Waals surface area contributed by atoms with Gasteiger partial charge in [-0.25, -0.2) is 4.98 Å². The normalized spacial score (nSPS) is 9.80. The van der Waals surface area contributed by atoms with Gasteiger partial charge in [0.25, 0.3) is 0 Å². The second-order valence-electron chi connectivity index (χ2n) is 2.47. The molecule has 1 aromatic rings. The maximum atomic E-state index is 7.18. The van der Waals surface area contributed by atoms with E-state index in [-0.39, 0.29) is 0 Å². The minimum absolute atomic E-state index is 0.633. The molecule has 0 saturated heterocycles.